The van der Waals surface area contributed by atoms with Crippen LogP contribution in [0.4, 0.5) is 11.4 Å². The Labute approximate surface area is 150 Å². The average Bonchev–Trinajstić information content (AvgIpc) is 3.07. The van der Waals surface area contributed by atoms with E-state index in [1.165, 1.54) is 18.7 Å². The summed E-state index contributed by atoms with van der Waals surface area (Å²) in [5.74, 6) is 0.467. The van der Waals surface area contributed by atoms with Crippen LogP contribution in [0.25, 0.3) is 0 Å². The molecule has 0 spiro atoms. The standard InChI is InChI=1S/C19H18N2O5/c1-12(22)14-3-5-15(6-4-14)20-19(24)10-21(13(2)23)16-7-8-17-18(9-16)26-11-25-17/h3-9H,10-11H2,1-2H3,(H,20,24). The van der Waals surface area contributed by atoms with Gasteiger partial charge in [-0.2, -0.15) is 0 Å². The topological polar surface area (TPSA) is 84.9 Å². The molecule has 0 aromatic heterocycles. The normalized spacial score (nSPS) is 11.8. The first kappa shape index (κ1) is 17.5. The summed E-state index contributed by atoms with van der Waals surface area (Å²) < 4.78 is 10.6. The molecule has 1 heterocycles. The van der Waals surface area contributed by atoms with Gasteiger partial charge in [0, 0.05) is 29.9 Å². The van der Waals surface area contributed by atoms with Crippen molar-refractivity contribution in [1.82, 2.24) is 0 Å². The molecule has 3 rings (SSSR count). The maximum atomic E-state index is 12.3. The summed E-state index contributed by atoms with van der Waals surface area (Å²) in [6, 6.07) is 11.6. The van der Waals surface area contributed by atoms with E-state index in [1.807, 2.05) is 0 Å². The van der Waals surface area contributed by atoms with E-state index in [4.69, 9.17) is 9.47 Å². The first-order chi connectivity index (χ1) is 12.4. The monoisotopic (exact) mass is 354 g/mol. The molecule has 2 aromatic carbocycles. The molecule has 2 amide bonds. The number of nitrogens with zero attached hydrogens (tertiary/aromatic N) is 1. The molecule has 0 aliphatic carbocycles. The van der Waals surface area contributed by atoms with E-state index >= 15 is 0 Å². The van der Waals surface area contributed by atoms with Gasteiger partial charge in [0.15, 0.2) is 17.3 Å². The maximum Gasteiger partial charge on any atom is 0.244 e. The fourth-order valence-corrected chi connectivity index (χ4v) is 2.57. The Bertz CT molecular complexity index is 861. The van der Waals surface area contributed by atoms with Gasteiger partial charge in [-0.25, -0.2) is 0 Å². The van der Waals surface area contributed by atoms with E-state index in [9.17, 15) is 14.4 Å². The minimum Gasteiger partial charge on any atom is -0.454 e. The van der Waals surface area contributed by atoms with Crippen molar-refractivity contribution in [3.8, 4) is 11.5 Å². The molecule has 0 fully saturated rings. The van der Waals surface area contributed by atoms with Crippen LogP contribution in [0.1, 0.15) is 24.2 Å². The van der Waals surface area contributed by atoms with Crippen LogP contribution in [-0.2, 0) is 9.59 Å². The maximum absolute atomic E-state index is 12.3. The Hall–Kier alpha value is -3.35. The first-order valence-corrected chi connectivity index (χ1v) is 8.02. The second kappa shape index (κ2) is 7.26. The Balaban J connectivity index is 1.70. The van der Waals surface area contributed by atoms with Gasteiger partial charge in [-0.15, -0.1) is 0 Å². The quantitative estimate of drug-likeness (QED) is 0.835. The van der Waals surface area contributed by atoms with Crippen molar-refractivity contribution in [2.24, 2.45) is 0 Å². The molecule has 0 atom stereocenters. The van der Waals surface area contributed by atoms with Gasteiger partial charge >= 0.3 is 0 Å². The molecule has 1 aliphatic rings. The molecular formula is C19H18N2O5. The van der Waals surface area contributed by atoms with Crippen molar-refractivity contribution in [2.75, 3.05) is 23.6 Å². The molecule has 134 valence electrons. The summed E-state index contributed by atoms with van der Waals surface area (Å²) in [6.45, 7) is 2.85. The average molecular weight is 354 g/mol. The highest BCUT2D eigenvalue weighted by atomic mass is 16.7. The molecule has 2 aromatic rings. The molecule has 1 aliphatic heterocycles. The van der Waals surface area contributed by atoms with Gasteiger partial charge in [-0.05, 0) is 43.3 Å². The summed E-state index contributed by atoms with van der Waals surface area (Å²) in [5.41, 5.74) is 1.66. The number of fused-ring (bicyclic) bond motifs is 1. The molecule has 0 bridgehead atoms. The molecule has 1 N–H and O–H groups in total. The molecular weight excluding hydrogens is 336 g/mol. The molecule has 7 heteroatoms. The van der Waals surface area contributed by atoms with Crippen molar-refractivity contribution in [1.29, 1.82) is 0 Å². The lowest BCUT2D eigenvalue weighted by Crippen LogP contribution is -2.36. The minimum atomic E-state index is -0.353. The number of hydrogen-bond acceptors (Lipinski definition) is 5. The van der Waals surface area contributed by atoms with Gasteiger partial charge in [0.25, 0.3) is 0 Å². The van der Waals surface area contributed by atoms with E-state index < -0.39 is 0 Å². The molecule has 0 saturated carbocycles. The number of nitrogens with one attached hydrogen (secondary N) is 1. The second-order valence-electron chi connectivity index (χ2n) is 5.82. The third kappa shape index (κ3) is 3.83. The van der Waals surface area contributed by atoms with Crippen LogP contribution in [-0.4, -0.2) is 30.9 Å². The molecule has 0 saturated heterocycles. The fourth-order valence-electron chi connectivity index (χ4n) is 2.57. The highest BCUT2D eigenvalue weighted by molar-refractivity contribution is 6.02. The summed E-state index contributed by atoms with van der Waals surface area (Å²) in [4.78, 5) is 36.9. The van der Waals surface area contributed by atoms with E-state index in [-0.39, 0.29) is 30.9 Å². The number of benzene rings is 2. The Morgan fingerprint density at radius 1 is 1.00 bits per heavy atom. The second-order valence-corrected chi connectivity index (χ2v) is 5.82. The van der Waals surface area contributed by atoms with Crippen LogP contribution in [0.5, 0.6) is 11.5 Å². The summed E-state index contributed by atoms with van der Waals surface area (Å²) in [5, 5.41) is 2.72. The van der Waals surface area contributed by atoms with Crippen molar-refractivity contribution in [3.05, 3.63) is 48.0 Å². The van der Waals surface area contributed by atoms with Crippen molar-refractivity contribution in [3.63, 3.8) is 0 Å². The number of carbonyl (C=O) groups is 3. The van der Waals surface area contributed by atoms with Gasteiger partial charge in [0.05, 0.1) is 0 Å². The summed E-state index contributed by atoms with van der Waals surface area (Å²) in [7, 11) is 0. The number of ether oxygens (including phenoxy) is 2. The lowest BCUT2D eigenvalue weighted by atomic mass is 10.1. The van der Waals surface area contributed by atoms with Gasteiger partial charge < -0.3 is 19.7 Å². The van der Waals surface area contributed by atoms with Gasteiger partial charge in [0.1, 0.15) is 6.54 Å². The minimum absolute atomic E-state index is 0.0477. The van der Waals surface area contributed by atoms with E-state index in [1.54, 1.807) is 42.5 Å². The predicted octanol–water partition coefficient (Wildman–Crippen LogP) is 2.61. The number of Topliss-reactive ketones (excluding diaryl/α,β-unsaturated/α-hetero) is 1. The Morgan fingerprint density at radius 2 is 1.69 bits per heavy atom. The smallest absolute Gasteiger partial charge is 0.244 e. The molecule has 0 unspecified atom stereocenters. The number of amides is 2. The fraction of sp³-hybridized carbons (Fsp3) is 0.211. The zero-order valence-electron chi connectivity index (χ0n) is 14.4. The van der Waals surface area contributed by atoms with E-state index in [0.29, 0.717) is 28.4 Å². The van der Waals surface area contributed by atoms with E-state index in [0.717, 1.165) is 0 Å². The zero-order chi connectivity index (χ0) is 18.7. The van der Waals surface area contributed by atoms with Crippen LogP contribution >= 0.6 is 0 Å². The van der Waals surface area contributed by atoms with Crippen LogP contribution in [0, 0.1) is 0 Å². The van der Waals surface area contributed by atoms with Crippen LogP contribution in [0.3, 0.4) is 0 Å². The molecule has 26 heavy (non-hydrogen) atoms. The van der Waals surface area contributed by atoms with Crippen LogP contribution < -0.4 is 19.7 Å². The van der Waals surface area contributed by atoms with Crippen LogP contribution in [0.2, 0.25) is 0 Å². The number of ketones is 1. The zero-order valence-corrected chi connectivity index (χ0v) is 14.4. The number of hydrogen-bond donors (Lipinski definition) is 1. The SMILES string of the molecule is CC(=O)c1ccc(NC(=O)CN(C(C)=O)c2ccc3c(c2)OCO3)cc1. The lowest BCUT2D eigenvalue weighted by molar-refractivity contribution is -0.120. The largest absolute Gasteiger partial charge is 0.454 e. The number of rotatable bonds is 5. The van der Waals surface area contributed by atoms with Crippen molar-refractivity contribution >= 4 is 29.0 Å². The lowest BCUT2D eigenvalue weighted by Gasteiger charge is -2.21. The summed E-state index contributed by atoms with van der Waals surface area (Å²) in [6.07, 6.45) is 0. The van der Waals surface area contributed by atoms with E-state index in [2.05, 4.69) is 5.32 Å². The highest BCUT2D eigenvalue weighted by Gasteiger charge is 2.20. The first-order valence-electron chi connectivity index (χ1n) is 8.02. The Kier molecular flexibility index (Phi) is 4.88. The third-order valence-corrected chi connectivity index (χ3v) is 3.92. The molecule has 0 radical (unpaired) electrons. The van der Waals surface area contributed by atoms with Crippen molar-refractivity contribution < 1.29 is 23.9 Å². The number of anilines is 2. The van der Waals surface area contributed by atoms with Crippen LogP contribution in [0.15, 0.2) is 42.5 Å². The third-order valence-electron chi connectivity index (χ3n) is 3.92. The van der Waals surface area contributed by atoms with Gasteiger partial charge in [0.2, 0.25) is 18.6 Å². The molecule has 7 nitrogen and oxygen atoms in total. The number of carbonyl (C=O) groups excluding carboxylic acids is 3. The Morgan fingerprint density at radius 3 is 2.35 bits per heavy atom. The highest BCUT2D eigenvalue weighted by Crippen LogP contribution is 2.35. The van der Waals surface area contributed by atoms with Crippen molar-refractivity contribution in [2.45, 2.75) is 13.8 Å². The predicted molar refractivity (Wildman–Crippen MR) is 95.7 cm³/mol. The van der Waals surface area contributed by atoms with Gasteiger partial charge in [-0.3, -0.25) is 14.4 Å². The van der Waals surface area contributed by atoms with Gasteiger partial charge in [-0.1, -0.05) is 0 Å². The summed E-state index contributed by atoms with van der Waals surface area (Å²) >= 11 is 0.